The molecule has 1 aliphatic carbocycles. The van der Waals surface area contributed by atoms with Gasteiger partial charge in [-0.15, -0.1) is 0 Å². The lowest BCUT2D eigenvalue weighted by atomic mass is 10.2. The van der Waals surface area contributed by atoms with Gasteiger partial charge in [-0.25, -0.2) is 4.98 Å². The normalized spacial score (nSPS) is 19.4. The Hall–Kier alpha value is -0.0900. The minimum absolute atomic E-state index is 0.528. The quantitative estimate of drug-likeness (QED) is 0.576. The van der Waals surface area contributed by atoms with Crippen LogP contribution in [0.4, 0.5) is 0 Å². The minimum atomic E-state index is 0.528. The Morgan fingerprint density at radius 3 is 3.00 bits per heavy atom. The highest BCUT2D eigenvalue weighted by Gasteiger charge is 2.41. The number of hydrogen-bond donors (Lipinski definition) is 2. The number of thiol groups is 1. The van der Waals surface area contributed by atoms with Crippen LogP contribution in [0.1, 0.15) is 12.8 Å². The fourth-order valence-electron chi connectivity index (χ4n) is 1.08. The summed E-state index contributed by atoms with van der Waals surface area (Å²) in [5.74, 6) is 2.17. The Morgan fingerprint density at radius 2 is 2.50 bits per heavy atom. The van der Waals surface area contributed by atoms with Crippen LogP contribution < -0.4 is 0 Å². The topological polar surface area (TPSA) is 28.7 Å². The van der Waals surface area contributed by atoms with Crippen molar-refractivity contribution in [3.05, 3.63) is 12.4 Å². The molecule has 2 nitrogen and oxygen atoms in total. The fraction of sp³-hybridized carbons (Fsp3) is 0.625. The monoisotopic (exact) mass is 200 g/mol. The van der Waals surface area contributed by atoms with Crippen LogP contribution in [0.3, 0.4) is 0 Å². The number of aromatic nitrogens is 2. The first-order chi connectivity index (χ1) is 5.85. The van der Waals surface area contributed by atoms with Crippen LogP contribution in [0.15, 0.2) is 17.6 Å². The Kier molecular flexibility index (Phi) is 2.37. The van der Waals surface area contributed by atoms with Crippen LogP contribution in [-0.2, 0) is 0 Å². The van der Waals surface area contributed by atoms with Gasteiger partial charge in [-0.1, -0.05) is 11.8 Å². The standard InChI is InChI=1S/C8H12N2S2/c11-5-8(1-2-8)6-12-7-9-3-4-10-7/h3-4,11H,1-2,5-6H2,(H,9,10). The van der Waals surface area contributed by atoms with Crippen molar-refractivity contribution in [3.63, 3.8) is 0 Å². The van der Waals surface area contributed by atoms with Gasteiger partial charge in [-0.05, 0) is 24.0 Å². The van der Waals surface area contributed by atoms with E-state index in [1.807, 2.05) is 6.20 Å². The summed E-state index contributed by atoms with van der Waals surface area (Å²) in [7, 11) is 0. The fourth-order valence-corrected chi connectivity index (χ4v) is 2.78. The first-order valence-electron chi connectivity index (χ1n) is 4.08. The van der Waals surface area contributed by atoms with Crippen molar-refractivity contribution in [3.8, 4) is 0 Å². The smallest absolute Gasteiger partial charge is 0.165 e. The molecule has 0 saturated heterocycles. The van der Waals surface area contributed by atoms with Gasteiger partial charge in [0.2, 0.25) is 0 Å². The Labute approximate surface area is 82.0 Å². The molecule has 4 heteroatoms. The molecule has 0 radical (unpaired) electrons. The summed E-state index contributed by atoms with van der Waals surface area (Å²) >= 11 is 6.16. The van der Waals surface area contributed by atoms with Crippen LogP contribution in [0.5, 0.6) is 0 Å². The predicted octanol–water partition coefficient (Wildman–Crippen LogP) is 2.21. The molecule has 0 atom stereocenters. The molecule has 1 aliphatic rings. The Balaban J connectivity index is 1.83. The van der Waals surface area contributed by atoms with Crippen molar-refractivity contribution in [2.45, 2.75) is 18.0 Å². The number of hydrogen-bond acceptors (Lipinski definition) is 3. The van der Waals surface area contributed by atoms with Crippen LogP contribution in [-0.4, -0.2) is 21.5 Å². The molecule has 1 heterocycles. The summed E-state index contributed by atoms with van der Waals surface area (Å²) in [5.41, 5.74) is 0.528. The van der Waals surface area contributed by atoms with Crippen LogP contribution in [0.25, 0.3) is 0 Å². The van der Waals surface area contributed by atoms with E-state index < -0.39 is 0 Å². The lowest BCUT2D eigenvalue weighted by molar-refractivity contribution is 0.681. The molecule has 1 aromatic heterocycles. The van der Waals surface area contributed by atoms with Gasteiger partial charge in [0.1, 0.15) is 0 Å². The van der Waals surface area contributed by atoms with E-state index >= 15 is 0 Å². The molecule has 0 aliphatic heterocycles. The van der Waals surface area contributed by atoms with Crippen molar-refractivity contribution < 1.29 is 0 Å². The largest absolute Gasteiger partial charge is 0.340 e. The summed E-state index contributed by atoms with van der Waals surface area (Å²) in [6.07, 6.45) is 6.33. The molecule has 0 spiro atoms. The molecular weight excluding hydrogens is 188 g/mol. The first-order valence-corrected chi connectivity index (χ1v) is 5.70. The molecule has 12 heavy (non-hydrogen) atoms. The number of imidazole rings is 1. The van der Waals surface area contributed by atoms with Gasteiger partial charge >= 0.3 is 0 Å². The third-order valence-electron chi connectivity index (χ3n) is 2.28. The van der Waals surface area contributed by atoms with Crippen LogP contribution in [0, 0.1) is 5.41 Å². The first kappa shape index (κ1) is 8.51. The molecule has 1 fully saturated rings. The van der Waals surface area contributed by atoms with Gasteiger partial charge in [0, 0.05) is 18.1 Å². The zero-order chi connectivity index (χ0) is 8.44. The average molecular weight is 200 g/mol. The van der Waals surface area contributed by atoms with E-state index in [9.17, 15) is 0 Å². The maximum Gasteiger partial charge on any atom is 0.165 e. The second kappa shape index (κ2) is 3.34. The van der Waals surface area contributed by atoms with E-state index in [2.05, 4.69) is 22.6 Å². The summed E-state index contributed by atoms with van der Waals surface area (Å²) in [6, 6.07) is 0. The number of H-pyrrole nitrogens is 1. The van der Waals surface area contributed by atoms with Crippen LogP contribution in [0.2, 0.25) is 0 Å². The van der Waals surface area contributed by atoms with Gasteiger partial charge in [0.05, 0.1) is 0 Å². The number of aromatic amines is 1. The molecule has 1 saturated carbocycles. The van der Waals surface area contributed by atoms with E-state index in [0.717, 1.165) is 16.7 Å². The maximum absolute atomic E-state index is 4.35. The predicted molar refractivity (Wildman–Crippen MR) is 54.8 cm³/mol. The lowest BCUT2D eigenvalue weighted by Crippen LogP contribution is -2.05. The molecule has 1 N–H and O–H groups in total. The molecule has 2 rings (SSSR count). The van der Waals surface area contributed by atoms with Crippen molar-refractivity contribution in [1.29, 1.82) is 0 Å². The second-order valence-corrected chi connectivity index (χ2v) is 4.62. The molecule has 66 valence electrons. The average Bonchev–Trinajstić information content (AvgIpc) is 2.70. The summed E-state index contributed by atoms with van der Waals surface area (Å²) in [6.45, 7) is 0. The third-order valence-corrected chi connectivity index (χ3v) is 4.20. The van der Waals surface area contributed by atoms with E-state index in [0.29, 0.717) is 5.41 Å². The molecule has 0 aromatic carbocycles. The van der Waals surface area contributed by atoms with E-state index in [1.165, 1.54) is 12.8 Å². The van der Waals surface area contributed by atoms with Gasteiger partial charge in [-0.2, -0.15) is 12.6 Å². The van der Waals surface area contributed by atoms with E-state index in [-0.39, 0.29) is 0 Å². The molecule has 0 unspecified atom stereocenters. The van der Waals surface area contributed by atoms with Gasteiger partial charge in [-0.3, -0.25) is 0 Å². The summed E-state index contributed by atoms with van der Waals surface area (Å²) in [5, 5.41) is 1.03. The highest BCUT2D eigenvalue weighted by atomic mass is 32.2. The summed E-state index contributed by atoms with van der Waals surface area (Å²) < 4.78 is 0. The number of rotatable bonds is 4. The minimum Gasteiger partial charge on any atom is -0.340 e. The highest BCUT2D eigenvalue weighted by Crippen LogP contribution is 2.49. The second-order valence-electron chi connectivity index (χ2n) is 3.34. The number of nitrogens with zero attached hydrogens (tertiary/aromatic N) is 1. The van der Waals surface area contributed by atoms with E-state index in [4.69, 9.17) is 0 Å². The number of nitrogens with one attached hydrogen (secondary N) is 1. The van der Waals surface area contributed by atoms with Crippen molar-refractivity contribution in [2.75, 3.05) is 11.5 Å². The van der Waals surface area contributed by atoms with Gasteiger partial charge in [0.25, 0.3) is 0 Å². The SMILES string of the molecule is SCC1(CSc2ncc[nH]2)CC1. The van der Waals surface area contributed by atoms with Gasteiger partial charge in [0.15, 0.2) is 5.16 Å². The Bertz CT molecular complexity index is 242. The maximum atomic E-state index is 4.35. The zero-order valence-electron chi connectivity index (χ0n) is 6.79. The number of thioether (sulfide) groups is 1. The molecular formula is C8H12N2S2. The van der Waals surface area contributed by atoms with Crippen molar-refractivity contribution in [2.24, 2.45) is 5.41 Å². The summed E-state index contributed by atoms with van der Waals surface area (Å²) in [4.78, 5) is 7.25. The molecule has 1 aromatic rings. The van der Waals surface area contributed by atoms with E-state index in [1.54, 1.807) is 18.0 Å². The zero-order valence-corrected chi connectivity index (χ0v) is 8.50. The van der Waals surface area contributed by atoms with Crippen molar-refractivity contribution >= 4 is 24.4 Å². The molecule has 0 bridgehead atoms. The Morgan fingerprint density at radius 1 is 1.67 bits per heavy atom. The van der Waals surface area contributed by atoms with Crippen LogP contribution >= 0.6 is 24.4 Å². The van der Waals surface area contributed by atoms with Crippen molar-refractivity contribution in [1.82, 2.24) is 9.97 Å². The highest BCUT2D eigenvalue weighted by molar-refractivity contribution is 7.99. The molecule has 0 amide bonds. The third kappa shape index (κ3) is 1.80. The van der Waals surface area contributed by atoms with Gasteiger partial charge < -0.3 is 4.98 Å². The lowest BCUT2D eigenvalue weighted by Gasteiger charge is -2.08.